The van der Waals surface area contributed by atoms with Gasteiger partial charge in [-0.05, 0) is 48.6 Å². The van der Waals surface area contributed by atoms with E-state index in [0.717, 1.165) is 47.0 Å². The Morgan fingerprint density at radius 2 is 2.00 bits per heavy atom. The number of carbonyl (C=O) groups is 3. The van der Waals surface area contributed by atoms with E-state index in [1.807, 2.05) is 30.3 Å². The molecule has 0 saturated carbocycles. The molecule has 0 N–H and O–H groups in total. The first kappa shape index (κ1) is 22.5. The predicted octanol–water partition coefficient (Wildman–Crippen LogP) is 4.89. The Hall–Kier alpha value is -3.28. The van der Waals surface area contributed by atoms with Crippen molar-refractivity contribution in [3.63, 3.8) is 0 Å². The smallest absolute Gasteiger partial charge is 0.355 e. The maximum Gasteiger partial charge on any atom is 0.355 e. The van der Waals surface area contributed by atoms with Crippen molar-refractivity contribution in [2.24, 2.45) is 5.92 Å². The first-order valence-electron chi connectivity index (χ1n) is 12.3. The molecular formula is C28H29NO5. The van der Waals surface area contributed by atoms with Crippen LogP contribution < -0.4 is 0 Å². The average Bonchev–Trinajstić information content (AvgIpc) is 3.20. The van der Waals surface area contributed by atoms with E-state index < -0.39 is 17.5 Å². The summed E-state index contributed by atoms with van der Waals surface area (Å²) in [6.45, 7) is 3.80. The topological polar surface area (TPSA) is 82.6 Å². The van der Waals surface area contributed by atoms with Crippen molar-refractivity contribution in [1.29, 1.82) is 0 Å². The summed E-state index contributed by atoms with van der Waals surface area (Å²) in [5.74, 6) is -1.47. The summed E-state index contributed by atoms with van der Waals surface area (Å²) in [5.41, 5.74) is 2.78. The van der Waals surface area contributed by atoms with Crippen LogP contribution in [0.2, 0.25) is 0 Å². The number of ketones is 1. The molecule has 2 heterocycles. The summed E-state index contributed by atoms with van der Waals surface area (Å²) in [5, 5.41) is 1.03. The monoisotopic (exact) mass is 459 g/mol. The van der Waals surface area contributed by atoms with Gasteiger partial charge in [-0.25, -0.2) is 9.78 Å². The number of para-hydroxylation sites is 1. The van der Waals surface area contributed by atoms with Gasteiger partial charge in [-0.15, -0.1) is 0 Å². The summed E-state index contributed by atoms with van der Waals surface area (Å²) in [6, 6.07) is 9.97. The highest BCUT2D eigenvalue weighted by molar-refractivity contribution is 6.12. The molecule has 6 nitrogen and oxygen atoms in total. The number of pyridine rings is 1. The Morgan fingerprint density at radius 1 is 1.18 bits per heavy atom. The second-order valence-electron chi connectivity index (χ2n) is 9.34. The molecule has 0 fully saturated rings. The number of fused-ring (bicyclic) bond motifs is 4. The molecule has 0 bridgehead atoms. The van der Waals surface area contributed by atoms with Gasteiger partial charge >= 0.3 is 11.9 Å². The minimum absolute atomic E-state index is 0.0705. The minimum atomic E-state index is -1.59. The third kappa shape index (κ3) is 3.56. The van der Waals surface area contributed by atoms with Crippen molar-refractivity contribution in [2.45, 2.75) is 64.4 Å². The van der Waals surface area contributed by atoms with Gasteiger partial charge in [0.15, 0.2) is 5.78 Å². The van der Waals surface area contributed by atoms with Crippen LogP contribution in [0.25, 0.3) is 16.5 Å². The van der Waals surface area contributed by atoms with Gasteiger partial charge in [0.25, 0.3) is 0 Å². The van der Waals surface area contributed by atoms with Crippen molar-refractivity contribution >= 4 is 34.2 Å². The second-order valence-corrected chi connectivity index (χ2v) is 9.34. The van der Waals surface area contributed by atoms with Crippen LogP contribution in [0.1, 0.15) is 63.6 Å². The highest BCUT2D eigenvalue weighted by Gasteiger charge is 2.53. The number of esters is 2. The van der Waals surface area contributed by atoms with Gasteiger partial charge in [0, 0.05) is 23.0 Å². The van der Waals surface area contributed by atoms with Crippen molar-refractivity contribution < 1.29 is 23.9 Å². The predicted molar refractivity (Wildman–Crippen MR) is 128 cm³/mol. The molecule has 1 aliphatic heterocycles. The summed E-state index contributed by atoms with van der Waals surface area (Å²) in [7, 11) is 0. The van der Waals surface area contributed by atoms with Gasteiger partial charge in [-0.3, -0.25) is 9.59 Å². The van der Waals surface area contributed by atoms with E-state index in [0.29, 0.717) is 24.0 Å². The zero-order chi connectivity index (χ0) is 23.9. The van der Waals surface area contributed by atoms with Crippen LogP contribution in [-0.4, -0.2) is 34.9 Å². The molecule has 0 radical (unpaired) electrons. The van der Waals surface area contributed by atoms with Gasteiger partial charge in [0.05, 0.1) is 17.1 Å². The van der Waals surface area contributed by atoms with Gasteiger partial charge in [-0.2, -0.15) is 0 Å². The fourth-order valence-electron chi connectivity index (χ4n) is 5.37. The number of ether oxygens (including phenoxy) is 2. The number of benzene rings is 1. The third-order valence-corrected chi connectivity index (χ3v) is 7.25. The van der Waals surface area contributed by atoms with Gasteiger partial charge in [0.1, 0.15) is 6.61 Å². The molecule has 1 aromatic carbocycles. The Kier molecular flexibility index (Phi) is 5.84. The van der Waals surface area contributed by atoms with Crippen molar-refractivity contribution in [3.05, 3.63) is 58.8 Å². The largest absolute Gasteiger partial charge is 0.457 e. The van der Waals surface area contributed by atoms with Crippen LogP contribution in [0.15, 0.2) is 47.6 Å². The third-order valence-electron chi connectivity index (χ3n) is 7.25. The lowest BCUT2D eigenvalue weighted by Crippen LogP contribution is -2.51. The van der Waals surface area contributed by atoms with Crippen molar-refractivity contribution in [2.75, 3.05) is 6.61 Å². The van der Waals surface area contributed by atoms with E-state index in [4.69, 9.17) is 14.5 Å². The van der Waals surface area contributed by atoms with E-state index in [-0.39, 0.29) is 31.1 Å². The lowest BCUT2D eigenvalue weighted by molar-refractivity contribution is -0.180. The lowest BCUT2D eigenvalue weighted by atomic mass is 9.75. The maximum atomic E-state index is 13.6. The lowest BCUT2D eigenvalue weighted by Gasteiger charge is -2.38. The molecule has 3 aliphatic rings. The highest BCUT2D eigenvalue weighted by Crippen LogP contribution is 2.47. The number of hydrogen-bond donors (Lipinski definition) is 0. The molecule has 34 heavy (non-hydrogen) atoms. The number of carbonyl (C=O) groups excluding carboxylic acids is 3. The molecule has 2 aliphatic carbocycles. The molecule has 5 rings (SSSR count). The number of rotatable bonds is 7. The van der Waals surface area contributed by atoms with E-state index >= 15 is 0 Å². The summed E-state index contributed by atoms with van der Waals surface area (Å²) in [4.78, 5) is 44.2. The van der Waals surface area contributed by atoms with Crippen LogP contribution in [0.4, 0.5) is 0 Å². The van der Waals surface area contributed by atoms with Gasteiger partial charge in [-0.1, -0.05) is 51.3 Å². The van der Waals surface area contributed by atoms with Crippen LogP contribution in [0.3, 0.4) is 0 Å². The Morgan fingerprint density at radius 3 is 2.79 bits per heavy atom. The van der Waals surface area contributed by atoms with Crippen LogP contribution in [-0.2, 0) is 30.3 Å². The molecule has 176 valence electrons. The van der Waals surface area contributed by atoms with Gasteiger partial charge in [0.2, 0.25) is 5.60 Å². The number of nitrogens with zero attached hydrogens (tertiary/aromatic N) is 1. The molecule has 2 atom stereocenters. The maximum absolute atomic E-state index is 13.6. The van der Waals surface area contributed by atoms with E-state index in [1.54, 1.807) is 6.92 Å². The van der Waals surface area contributed by atoms with E-state index in [1.165, 1.54) is 0 Å². The Bertz CT molecular complexity index is 1260. The SMILES string of the molecule is CCCCCCC(=O)O[C@]1(CC)C(=O)OCC2=C1C=C1c3nc4ccccc4cc3CC1C2=O. The van der Waals surface area contributed by atoms with Crippen LogP contribution in [0, 0.1) is 5.92 Å². The highest BCUT2D eigenvalue weighted by atomic mass is 16.6. The minimum Gasteiger partial charge on any atom is -0.457 e. The first-order chi connectivity index (χ1) is 16.5. The average molecular weight is 460 g/mol. The molecule has 6 heteroatoms. The quantitative estimate of drug-likeness (QED) is 0.433. The first-order valence-corrected chi connectivity index (χ1v) is 12.3. The standard InChI is InChI=1S/C28H29NO5/c1-3-5-6-7-12-24(30)34-28(4-2)22-15-19-20(26(31)21(22)16-33-27(28)32)14-18-13-17-10-8-9-11-23(17)29-25(18)19/h8-11,13,15,20H,3-7,12,14,16H2,1-2H3/t20?,28-/m0/s1. The summed E-state index contributed by atoms with van der Waals surface area (Å²) in [6.07, 6.45) is 6.64. The molecule has 0 spiro atoms. The van der Waals surface area contributed by atoms with E-state index in [9.17, 15) is 14.4 Å². The fourth-order valence-corrected chi connectivity index (χ4v) is 5.37. The number of cyclic esters (lactones) is 1. The normalized spacial score (nSPS) is 23.2. The zero-order valence-electron chi connectivity index (χ0n) is 19.7. The number of Topliss-reactive ketones (excluding diaryl/α,β-unsaturated/α-hetero) is 1. The molecule has 0 saturated heterocycles. The Labute approximate surface area is 199 Å². The number of aromatic nitrogens is 1. The van der Waals surface area contributed by atoms with Crippen molar-refractivity contribution in [1.82, 2.24) is 4.98 Å². The molecule has 0 amide bonds. The number of unbranched alkanes of at least 4 members (excludes halogenated alkanes) is 3. The van der Waals surface area contributed by atoms with Gasteiger partial charge < -0.3 is 9.47 Å². The molecule has 1 aromatic heterocycles. The second kappa shape index (κ2) is 8.82. The summed E-state index contributed by atoms with van der Waals surface area (Å²) < 4.78 is 11.3. The van der Waals surface area contributed by atoms with Crippen LogP contribution >= 0.6 is 0 Å². The fraction of sp³-hybridized carbons (Fsp3) is 0.429. The Balaban J connectivity index is 1.54. The molecule has 2 aromatic rings. The molecule has 1 unspecified atom stereocenters. The number of hydrogen-bond acceptors (Lipinski definition) is 6. The molecular weight excluding hydrogens is 430 g/mol. The van der Waals surface area contributed by atoms with Crippen LogP contribution in [0.5, 0.6) is 0 Å². The zero-order valence-corrected chi connectivity index (χ0v) is 19.7. The summed E-state index contributed by atoms with van der Waals surface area (Å²) >= 11 is 0. The van der Waals surface area contributed by atoms with E-state index in [2.05, 4.69) is 13.0 Å². The number of allylic oxidation sites excluding steroid dienone is 1. The van der Waals surface area contributed by atoms with Crippen molar-refractivity contribution in [3.8, 4) is 0 Å².